The molecule has 7 heteroatoms. The summed E-state index contributed by atoms with van der Waals surface area (Å²) in [5.74, 6) is 0.321. The van der Waals surface area contributed by atoms with Crippen LogP contribution >= 0.6 is 11.3 Å². The molecule has 1 aromatic carbocycles. The van der Waals surface area contributed by atoms with E-state index in [2.05, 4.69) is 23.6 Å². The van der Waals surface area contributed by atoms with Gasteiger partial charge in [0, 0.05) is 22.8 Å². The van der Waals surface area contributed by atoms with Crippen molar-refractivity contribution in [3.05, 3.63) is 40.7 Å². The summed E-state index contributed by atoms with van der Waals surface area (Å²) in [4.78, 5) is 17.1. The lowest BCUT2D eigenvalue weighted by molar-refractivity contribution is -0.128. The number of fused-ring (bicyclic) bond motifs is 2. The fourth-order valence-corrected chi connectivity index (χ4v) is 7.41. The number of aromatic nitrogens is 1. The van der Waals surface area contributed by atoms with Crippen LogP contribution in [0.5, 0.6) is 0 Å². The normalized spacial score (nSPS) is 26.6. The first-order valence-corrected chi connectivity index (χ1v) is 11.8. The van der Waals surface area contributed by atoms with Gasteiger partial charge in [-0.25, -0.2) is 18.1 Å². The Morgan fingerprint density at radius 3 is 2.63 bits per heavy atom. The zero-order chi connectivity index (χ0) is 19.3. The van der Waals surface area contributed by atoms with Crippen LogP contribution in [0.3, 0.4) is 0 Å². The standard InChI is InChI=1S/C20H24N2O3S2/c1-19(2)15-8-9-20(19,17(23)10-15)13-27(24,25)21-11-18-22-16(12-26-18)14-6-4-3-5-7-14/h3-7,12,15,21H,8-11,13H2,1-2H3/t15-,20+/m0/s1. The molecule has 0 aliphatic heterocycles. The Morgan fingerprint density at radius 1 is 1.26 bits per heavy atom. The van der Waals surface area contributed by atoms with Gasteiger partial charge in [0.25, 0.3) is 0 Å². The van der Waals surface area contributed by atoms with Crippen LogP contribution in [0.25, 0.3) is 11.3 Å². The number of nitrogens with one attached hydrogen (secondary N) is 1. The molecule has 2 bridgehead atoms. The second kappa shape index (κ2) is 6.50. The third-order valence-electron chi connectivity index (χ3n) is 6.64. The Labute approximate surface area is 164 Å². The van der Waals surface area contributed by atoms with Crippen molar-refractivity contribution in [3.8, 4) is 11.3 Å². The predicted molar refractivity (Wildman–Crippen MR) is 107 cm³/mol. The van der Waals surface area contributed by atoms with Crippen LogP contribution in [0.4, 0.5) is 0 Å². The van der Waals surface area contributed by atoms with Crippen LogP contribution in [0.2, 0.25) is 0 Å². The summed E-state index contributed by atoms with van der Waals surface area (Å²) >= 11 is 1.44. The number of nitrogens with zero attached hydrogens (tertiary/aromatic N) is 1. The van der Waals surface area contributed by atoms with Crippen LogP contribution in [0.15, 0.2) is 35.7 Å². The highest BCUT2D eigenvalue weighted by Gasteiger charge is 2.65. The van der Waals surface area contributed by atoms with Crippen molar-refractivity contribution >= 4 is 27.1 Å². The van der Waals surface area contributed by atoms with E-state index in [1.807, 2.05) is 35.7 Å². The number of benzene rings is 1. The number of hydrogen-bond acceptors (Lipinski definition) is 5. The highest BCUT2D eigenvalue weighted by atomic mass is 32.2. The molecule has 2 aliphatic carbocycles. The summed E-state index contributed by atoms with van der Waals surface area (Å²) in [6.07, 6.45) is 2.15. The topological polar surface area (TPSA) is 76.1 Å². The van der Waals surface area contributed by atoms with Crippen LogP contribution < -0.4 is 4.72 Å². The molecule has 0 unspecified atom stereocenters. The average molecular weight is 405 g/mol. The summed E-state index contributed by atoms with van der Waals surface area (Å²) in [7, 11) is -3.57. The van der Waals surface area contributed by atoms with Crippen molar-refractivity contribution in [2.75, 3.05) is 5.75 Å². The van der Waals surface area contributed by atoms with E-state index in [1.54, 1.807) is 0 Å². The fourth-order valence-electron chi connectivity index (χ4n) is 4.79. The minimum absolute atomic E-state index is 0.112. The van der Waals surface area contributed by atoms with E-state index >= 15 is 0 Å². The van der Waals surface area contributed by atoms with Gasteiger partial charge in [0.1, 0.15) is 10.8 Å². The zero-order valence-corrected chi connectivity index (χ0v) is 17.2. The molecule has 2 atom stereocenters. The van der Waals surface area contributed by atoms with Gasteiger partial charge < -0.3 is 0 Å². The number of hydrogen-bond donors (Lipinski definition) is 1. The van der Waals surface area contributed by atoms with E-state index in [-0.39, 0.29) is 23.5 Å². The number of carbonyl (C=O) groups excluding carboxylic acids is 1. The molecular formula is C20H24N2O3S2. The second-order valence-corrected chi connectivity index (χ2v) is 11.0. The van der Waals surface area contributed by atoms with Gasteiger partial charge in [0.15, 0.2) is 0 Å². The summed E-state index contributed by atoms with van der Waals surface area (Å²) in [6, 6.07) is 9.81. The highest BCUT2D eigenvalue weighted by Crippen LogP contribution is 2.64. The maximum absolute atomic E-state index is 12.8. The first kappa shape index (κ1) is 18.8. The Kier molecular flexibility index (Phi) is 4.52. The molecule has 0 radical (unpaired) electrons. The van der Waals surface area contributed by atoms with Gasteiger partial charge in [-0.1, -0.05) is 44.2 Å². The van der Waals surface area contributed by atoms with E-state index < -0.39 is 15.4 Å². The van der Waals surface area contributed by atoms with Crippen molar-refractivity contribution in [2.45, 2.75) is 39.7 Å². The van der Waals surface area contributed by atoms with E-state index in [0.717, 1.165) is 22.7 Å². The lowest BCUT2D eigenvalue weighted by Gasteiger charge is -2.36. The third-order valence-corrected chi connectivity index (χ3v) is 8.95. The lowest BCUT2D eigenvalue weighted by atomic mass is 9.70. The smallest absolute Gasteiger partial charge is 0.212 e. The highest BCUT2D eigenvalue weighted by molar-refractivity contribution is 7.89. The van der Waals surface area contributed by atoms with Crippen LogP contribution in [-0.2, 0) is 21.4 Å². The summed E-state index contributed by atoms with van der Waals surface area (Å²) in [5, 5.41) is 2.65. The fraction of sp³-hybridized carbons (Fsp3) is 0.500. The van der Waals surface area contributed by atoms with E-state index in [4.69, 9.17) is 0 Å². The van der Waals surface area contributed by atoms with Crippen molar-refractivity contribution in [1.82, 2.24) is 9.71 Å². The molecule has 0 spiro atoms. The summed E-state index contributed by atoms with van der Waals surface area (Å²) in [5.41, 5.74) is 0.874. The predicted octanol–water partition coefficient (Wildman–Crippen LogP) is 3.62. The average Bonchev–Trinajstić information content (AvgIpc) is 3.24. The van der Waals surface area contributed by atoms with Gasteiger partial charge in [-0.15, -0.1) is 11.3 Å². The van der Waals surface area contributed by atoms with Crippen molar-refractivity contribution in [1.29, 1.82) is 0 Å². The molecule has 2 aromatic rings. The molecule has 1 aromatic heterocycles. The first-order valence-electron chi connectivity index (χ1n) is 9.24. The molecule has 0 amide bonds. The summed E-state index contributed by atoms with van der Waals surface area (Å²) < 4.78 is 28.2. The molecule has 2 aliphatic rings. The first-order chi connectivity index (χ1) is 12.7. The van der Waals surface area contributed by atoms with Gasteiger partial charge in [-0.2, -0.15) is 0 Å². The Hall–Kier alpha value is -1.57. The zero-order valence-electron chi connectivity index (χ0n) is 15.6. The Bertz CT molecular complexity index is 966. The number of sulfonamides is 1. The Balaban J connectivity index is 1.46. The van der Waals surface area contributed by atoms with E-state index in [9.17, 15) is 13.2 Å². The van der Waals surface area contributed by atoms with Crippen molar-refractivity contribution in [3.63, 3.8) is 0 Å². The molecule has 1 N–H and O–H groups in total. The molecule has 144 valence electrons. The van der Waals surface area contributed by atoms with Gasteiger partial charge in [0.05, 0.1) is 18.0 Å². The maximum Gasteiger partial charge on any atom is 0.212 e. The second-order valence-electron chi connectivity index (χ2n) is 8.24. The van der Waals surface area contributed by atoms with Crippen LogP contribution in [0.1, 0.15) is 38.1 Å². The minimum atomic E-state index is -3.57. The molecule has 2 saturated carbocycles. The van der Waals surface area contributed by atoms with Gasteiger partial charge in [-0.05, 0) is 24.2 Å². The summed E-state index contributed by atoms with van der Waals surface area (Å²) in [6.45, 7) is 4.27. The third kappa shape index (κ3) is 3.15. The molecule has 2 fully saturated rings. The largest absolute Gasteiger partial charge is 0.299 e. The van der Waals surface area contributed by atoms with Gasteiger partial charge in [-0.3, -0.25) is 4.79 Å². The minimum Gasteiger partial charge on any atom is -0.299 e. The number of Topliss-reactive ketones (excluding diaryl/α,β-unsaturated/α-hetero) is 1. The monoisotopic (exact) mass is 404 g/mol. The number of carbonyl (C=O) groups is 1. The molecule has 4 rings (SSSR count). The van der Waals surface area contributed by atoms with Gasteiger partial charge in [0.2, 0.25) is 10.0 Å². The molecule has 27 heavy (non-hydrogen) atoms. The molecular weight excluding hydrogens is 380 g/mol. The molecule has 1 heterocycles. The van der Waals surface area contributed by atoms with E-state index in [0.29, 0.717) is 18.8 Å². The number of thiazole rings is 1. The SMILES string of the molecule is CC1(C)[C@H]2CC[C@@]1(CS(=O)(=O)NCc1nc(-c3ccccc3)cs1)C(=O)C2. The van der Waals surface area contributed by atoms with Crippen molar-refractivity contribution in [2.24, 2.45) is 16.7 Å². The van der Waals surface area contributed by atoms with Crippen LogP contribution in [-0.4, -0.2) is 24.9 Å². The number of rotatable bonds is 6. The van der Waals surface area contributed by atoms with Crippen molar-refractivity contribution < 1.29 is 13.2 Å². The maximum atomic E-state index is 12.8. The van der Waals surface area contributed by atoms with E-state index in [1.165, 1.54) is 11.3 Å². The number of ketones is 1. The quantitative estimate of drug-likeness (QED) is 0.798. The Morgan fingerprint density at radius 2 is 2.00 bits per heavy atom. The van der Waals surface area contributed by atoms with Gasteiger partial charge >= 0.3 is 0 Å². The molecule has 5 nitrogen and oxygen atoms in total. The lowest BCUT2D eigenvalue weighted by Crippen LogP contribution is -2.45. The van der Waals surface area contributed by atoms with Crippen LogP contribution in [0, 0.1) is 16.7 Å². The molecule has 0 saturated heterocycles.